The highest BCUT2D eigenvalue weighted by Crippen LogP contribution is 2.25. The van der Waals surface area contributed by atoms with Crippen LogP contribution in [0.2, 0.25) is 5.02 Å². The molecular weight excluding hydrogens is 322 g/mol. The number of aryl methyl sites for hydroxylation is 2. The quantitative estimate of drug-likeness (QED) is 0.800. The summed E-state index contributed by atoms with van der Waals surface area (Å²) in [5.74, 6) is 0.364. The molecule has 24 heavy (non-hydrogen) atoms. The van der Waals surface area contributed by atoms with Crippen LogP contribution in [0, 0.1) is 13.8 Å². The van der Waals surface area contributed by atoms with Gasteiger partial charge in [0.1, 0.15) is 5.75 Å². The number of rotatable bonds is 6. The molecule has 1 N–H and O–H groups in total. The van der Waals surface area contributed by atoms with E-state index in [1.54, 1.807) is 19.1 Å². The van der Waals surface area contributed by atoms with Gasteiger partial charge in [0.2, 0.25) is 0 Å². The third-order valence-corrected chi connectivity index (χ3v) is 4.35. The molecule has 0 spiro atoms. The summed E-state index contributed by atoms with van der Waals surface area (Å²) in [5.41, 5.74) is 3.54. The molecule has 0 aliphatic heterocycles. The predicted molar refractivity (Wildman–Crippen MR) is 98.6 cm³/mol. The third-order valence-electron chi connectivity index (χ3n) is 4.04. The molecular formula is C20H24ClNO2. The van der Waals surface area contributed by atoms with E-state index in [1.165, 1.54) is 11.1 Å². The van der Waals surface area contributed by atoms with Gasteiger partial charge in [0.25, 0.3) is 5.91 Å². The zero-order valence-electron chi connectivity index (χ0n) is 14.6. The van der Waals surface area contributed by atoms with E-state index < -0.39 is 6.10 Å². The summed E-state index contributed by atoms with van der Waals surface area (Å²) in [6, 6.07) is 13.4. The summed E-state index contributed by atoms with van der Waals surface area (Å²) in [5, 5.41) is 3.57. The molecule has 2 rings (SSSR count). The minimum Gasteiger partial charge on any atom is -0.479 e. The van der Waals surface area contributed by atoms with Crippen molar-refractivity contribution >= 4 is 17.5 Å². The first-order valence-corrected chi connectivity index (χ1v) is 8.59. The first-order chi connectivity index (χ1) is 11.4. The van der Waals surface area contributed by atoms with Crippen LogP contribution >= 0.6 is 11.6 Å². The molecule has 0 heterocycles. The number of carbonyl (C=O) groups excluding carboxylic acids is 1. The fraction of sp³-hybridized carbons (Fsp3) is 0.350. The number of ether oxygens (including phenoxy) is 1. The van der Waals surface area contributed by atoms with Gasteiger partial charge >= 0.3 is 0 Å². The van der Waals surface area contributed by atoms with Gasteiger partial charge in [0.15, 0.2) is 6.10 Å². The summed E-state index contributed by atoms with van der Waals surface area (Å²) in [4.78, 5) is 12.5. The Hall–Kier alpha value is -2.00. The van der Waals surface area contributed by atoms with Crippen molar-refractivity contribution < 1.29 is 9.53 Å². The standard InChI is InChI=1S/C20H24ClNO2/c1-5-18(16-11-10-13(2)12-14(16)3)22-20(23)15(4)24-19-9-7-6-8-17(19)21/h6-12,15,18H,5H2,1-4H3,(H,22,23)/t15-,18+/m0/s1. The maximum atomic E-state index is 12.5. The number of hydrogen-bond donors (Lipinski definition) is 1. The van der Waals surface area contributed by atoms with E-state index in [0.29, 0.717) is 10.8 Å². The monoisotopic (exact) mass is 345 g/mol. The summed E-state index contributed by atoms with van der Waals surface area (Å²) in [6.45, 7) is 7.92. The Balaban J connectivity index is 2.07. The van der Waals surface area contributed by atoms with Gasteiger partial charge in [-0.05, 0) is 50.5 Å². The molecule has 2 atom stereocenters. The van der Waals surface area contributed by atoms with Crippen LogP contribution in [0.25, 0.3) is 0 Å². The minimum atomic E-state index is -0.621. The van der Waals surface area contributed by atoms with Crippen LogP contribution in [0.5, 0.6) is 5.75 Å². The lowest BCUT2D eigenvalue weighted by atomic mass is 9.97. The number of nitrogens with one attached hydrogen (secondary N) is 1. The highest BCUT2D eigenvalue weighted by molar-refractivity contribution is 6.32. The summed E-state index contributed by atoms with van der Waals surface area (Å²) >= 11 is 6.08. The van der Waals surface area contributed by atoms with Crippen molar-refractivity contribution in [2.45, 2.75) is 46.3 Å². The topological polar surface area (TPSA) is 38.3 Å². The Morgan fingerprint density at radius 2 is 1.92 bits per heavy atom. The number of para-hydroxylation sites is 1. The molecule has 0 aromatic heterocycles. The molecule has 3 nitrogen and oxygen atoms in total. The molecule has 2 aromatic rings. The first kappa shape index (κ1) is 18.3. The number of carbonyl (C=O) groups is 1. The van der Waals surface area contributed by atoms with Crippen molar-refractivity contribution in [1.82, 2.24) is 5.32 Å². The third kappa shape index (κ3) is 4.51. The van der Waals surface area contributed by atoms with Crippen molar-refractivity contribution in [1.29, 1.82) is 0 Å². The number of amides is 1. The lowest BCUT2D eigenvalue weighted by Crippen LogP contribution is -2.38. The van der Waals surface area contributed by atoms with E-state index in [9.17, 15) is 4.79 Å². The lowest BCUT2D eigenvalue weighted by molar-refractivity contribution is -0.128. The zero-order chi connectivity index (χ0) is 17.7. The van der Waals surface area contributed by atoms with Gasteiger partial charge in [-0.3, -0.25) is 4.79 Å². The van der Waals surface area contributed by atoms with Crippen molar-refractivity contribution in [2.75, 3.05) is 0 Å². The maximum Gasteiger partial charge on any atom is 0.261 e. The first-order valence-electron chi connectivity index (χ1n) is 8.21. The van der Waals surface area contributed by atoms with Gasteiger partial charge in [0.05, 0.1) is 11.1 Å². The summed E-state index contributed by atoms with van der Waals surface area (Å²) in [7, 11) is 0. The molecule has 0 unspecified atom stereocenters. The van der Waals surface area contributed by atoms with E-state index in [1.807, 2.05) is 12.1 Å². The Kier molecular flexibility index (Phi) is 6.27. The van der Waals surface area contributed by atoms with Crippen LogP contribution in [0.4, 0.5) is 0 Å². The second kappa shape index (κ2) is 8.20. The summed E-state index contributed by atoms with van der Waals surface area (Å²) < 4.78 is 5.69. The lowest BCUT2D eigenvalue weighted by Gasteiger charge is -2.23. The second-order valence-corrected chi connectivity index (χ2v) is 6.43. The normalized spacial score (nSPS) is 13.2. The Labute approximate surface area is 149 Å². The number of hydrogen-bond acceptors (Lipinski definition) is 2. The second-order valence-electron chi connectivity index (χ2n) is 6.02. The van der Waals surface area contributed by atoms with Gasteiger partial charge in [-0.2, -0.15) is 0 Å². The molecule has 0 aliphatic rings. The van der Waals surface area contributed by atoms with Crippen LogP contribution in [0.1, 0.15) is 43.0 Å². The molecule has 128 valence electrons. The van der Waals surface area contributed by atoms with Crippen molar-refractivity contribution in [2.24, 2.45) is 0 Å². The molecule has 0 saturated carbocycles. The largest absolute Gasteiger partial charge is 0.479 e. The SMILES string of the molecule is CC[C@@H](NC(=O)[C@H](C)Oc1ccccc1Cl)c1ccc(C)cc1C. The summed E-state index contributed by atoms with van der Waals surface area (Å²) in [6.07, 6.45) is 0.193. The fourth-order valence-electron chi connectivity index (χ4n) is 2.69. The van der Waals surface area contributed by atoms with E-state index in [-0.39, 0.29) is 11.9 Å². The van der Waals surface area contributed by atoms with Crippen molar-refractivity contribution in [3.05, 3.63) is 64.2 Å². The fourth-order valence-corrected chi connectivity index (χ4v) is 2.87. The average Bonchev–Trinajstić information content (AvgIpc) is 2.55. The van der Waals surface area contributed by atoms with E-state index in [4.69, 9.17) is 16.3 Å². The van der Waals surface area contributed by atoms with Crippen LogP contribution in [0.3, 0.4) is 0 Å². The van der Waals surface area contributed by atoms with Crippen LogP contribution < -0.4 is 10.1 Å². The van der Waals surface area contributed by atoms with Gasteiger partial charge in [0, 0.05) is 0 Å². The molecule has 4 heteroatoms. The maximum absolute atomic E-state index is 12.5. The smallest absolute Gasteiger partial charge is 0.261 e. The predicted octanol–water partition coefficient (Wildman–Crippen LogP) is 4.99. The highest BCUT2D eigenvalue weighted by atomic mass is 35.5. The Bertz CT molecular complexity index is 715. The highest BCUT2D eigenvalue weighted by Gasteiger charge is 2.21. The molecule has 0 aliphatic carbocycles. The van der Waals surface area contributed by atoms with E-state index >= 15 is 0 Å². The van der Waals surface area contributed by atoms with Gasteiger partial charge in [-0.1, -0.05) is 54.4 Å². The molecule has 1 amide bonds. The molecule has 2 aromatic carbocycles. The Morgan fingerprint density at radius 1 is 1.21 bits per heavy atom. The molecule has 0 fully saturated rings. The van der Waals surface area contributed by atoms with Crippen LogP contribution in [-0.4, -0.2) is 12.0 Å². The van der Waals surface area contributed by atoms with Crippen LogP contribution in [-0.2, 0) is 4.79 Å². The van der Waals surface area contributed by atoms with Gasteiger partial charge in [-0.15, -0.1) is 0 Å². The van der Waals surface area contributed by atoms with E-state index in [0.717, 1.165) is 12.0 Å². The van der Waals surface area contributed by atoms with Gasteiger partial charge < -0.3 is 10.1 Å². The van der Waals surface area contributed by atoms with E-state index in [2.05, 4.69) is 44.3 Å². The Morgan fingerprint density at radius 3 is 2.54 bits per heavy atom. The van der Waals surface area contributed by atoms with Crippen molar-refractivity contribution in [3.63, 3.8) is 0 Å². The average molecular weight is 346 g/mol. The number of halogens is 1. The molecule has 0 saturated heterocycles. The molecule has 0 bridgehead atoms. The minimum absolute atomic E-state index is 0.0320. The molecule has 0 radical (unpaired) electrons. The number of benzene rings is 2. The van der Waals surface area contributed by atoms with Gasteiger partial charge in [-0.25, -0.2) is 0 Å². The zero-order valence-corrected chi connectivity index (χ0v) is 15.4. The van der Waals surface area contributed by atoms with Crippen molar-refractivity contribution in [3.8, 4) is 5.75 Å². The van der Waals surface area contributed by atoms with Crippen LogP contribution in [0.15, 0.2) is 42.5 Å².